The number of amides is 1. The van der Waals surface area contributed by atoms with Crippen LogP contribution in [0.2, 0.25) is 5.02 Å². The second-order valence-electron chi connectivity index (χ2n) is 4.63. The fourth-order valence-electron chi connectivity index (χ4n) is 2.13. The quantitative estimate of drug-likeness (QED) is 0.848. The molecule has 0 aromatic heterocycles. The summed E-state index contributed by atoms with van der Waals surface area (Å²) < 4.78 is 23.0. The Kier molecular flexibility index (Phi) is 3.73. The van der Waals surface area contributed by atoms with Crippen LogP contribution < -0.4 is 0 Å². The molecular formula is C12H14ClNO4S. The van der Waals surface area contributed by atoms with Crippen LogP contribution >= 0.6 is 11.6 Å². The predicted octanol–water partition coefficient (Wildman–Crippen LogP) is 1.30. The van der Waals surface area contributed by atoms with Gasteiger partial charge in [-0.25, -0.2) is 8.42 Å². The highest BCUT2D eigenvalue weighted by Gasteiger charge is 2.32. The molecule has 0 aliphatic carbocycles. The van der Waals surface area contributed by atoms with Crippen molar-refractivity contribution in [2.24, 2.45) is 0 Å². The van der Waals surface area contributed by atoms with Crippen molar-refractivity contribution in [3.8, 4) is 5.75 Å². The van der Waals surface area contributed by atoms with Gasteiger partial charge < -0.3 is 10.0 Å². The molecule has 1 N–H and O–H groups in total. The number of rotatable bonds is 1. The number of carbonyl (C=O) groups excluding carboxylic acids is 1. The van der Waals surface area contributed by atoms with Crippen molar-refractivity contribution < 1.29 is 18.3 Å². The van der Waals surface area contributed by atoms with Crippen LogP contribution in [0.4, 0.5) is 0 Å². The van der Waals surface area contributed by atoms with E-state index in [1.165, 1.54) is 23.1 Å². The summed E-state index contributed by atoms with van der Waals surface area (Å²) in [6.07, 6.45) is 0. The van der Waals surface area contributed by atoms with E-state index in [4.69, 9.17) is 11.6 Å². The third-order valence-corrected chi connectivity index (χ3v) is 5.24. The molecule has 1 atom stereocenters. The van der Waals surface area contributed by atoms with Gasteiger partial charge in [0.15, 0.2) is 9.84 Å². The lowest BCUT2D eigenvalue weighted by molar-refractivity contribution is 0.0712. The molecule has 0 saturated carbocycles. The maximum absolute atomic E-state index is 12.3. The van der Waals surface area contributed by atoms with Gasteiger partial charge >= 0.3 is 0 Å². The Morgan fingerprint density at radius 3 is 2.79 bits per heavy atom. The molecule has 7 heteroatoms. The number of hydrogen-bond donors (Lipinski definition) is 1. The minimum atomic E-state index is -3.08. The Balaban J connectivity index is 2.27. The molecule has 1 aliphatic rings. The Morgan fingerprint density at radius 1 is 1.47 bits per heavy atom. The summed E-state index contributed by atoms with van der Waals surface area (Å²) in [4.78, 5) is 13.8. The third kappa shape index (κ3) is 3.01. The highest BCUT2D eigenvalue weighted by molar-refractivity contribution is 7.91. The Hall–Kier alpha value is -1.27. The fourth-order valence-corrected chi connectivity index (χ4v) is 3.89. The van der Waals surface area contributed by atoms with E-state index in [1.807, 2.05) is 0 Å². The number of halogens is 1. The molecular weight excluding hydrogens is 290 g/mol. The minimum absolute atomic E-state index is 0.0421. The van der Waals surface area contributed by atoms with Gasteiger partial charge in [0.1, 0.15) is 5.75 Å². The van der Waals surface area contributed by atoms with Gasteiger partial charge in [0, 0.05) is 12.6 Å². The second-order valence-corrected chi connectivity index (χ2v) is 7.26. The maximum atomic E-state index is 12.3. The number of carbonyl (C=O) groups is 1. The largest absolute Gasteiger partial charge is 0.508 e. The SMILES string of the molecule is CC1CS(=O)(=O)CCN1C(=O)c1cc(O)ccc1Cl. The van der Waals surface area contributed by atoms with Crippen molar-refractivity contribution >= 4 is 27.3 Å². The summed E-state index contributed by atoms with van der Waals surface area (Å²) >= 11 is 5.94. The average Bonchev–Trinajstić information content (AvgIpc) is 2.30. The first-order chi connectivity index (χ1) is 8.80. The van der Waals surface area contributed by atoms with Gasteiger partial charge in [-0.15, -0.1) is 0 Å². The smallest absolute Gasteiger partial charge is 0.255 e. The van der Waals surface area contributed by atoms with Crippen molar-refractivity contribution in [1.82, 2.24) is 4.90 Å². The zero-order valence-electron chi connectivity index (χ0n) is 10.3. The third-order valence-electron chi connectivity index (χ3n) is 3.11. The Bertz CT molecular complexity index is 614. The first-order valence-corrected chi connectivity index (χ1v) is 8.00. The Morgan fingerprint density at radius 2 is 2.16 bits per heavy atom. The zero-order valence-corrected chi connectivity index (χ0v) is 11.9. The van der Waals surface area contributed by atoms with Crippen LogP contribution in [0.15, 0.2) is 18.2 Å². The second kappa shape index (κ2) is 5.02. The summed E-state index contributed by atoms with van der Waals surface area (Å²) in [5.41, 5.74) is 0.188. The van der Waals surface area contributed by atoms with Crippen LogP contribution in [0.1, 0.15) is 17.3 Å². The van der Waals surface area contributed by atoms with Crippen LogP contribution in [-0.2, 0) is 9.84 Å². The van der Waals surface area contributed by atoms with E-state index in [1.54, 1.807) is 6.92 Å². The van der Waals surface area contributed by atoms with E-state index in [0.717, 1.165) is 0 Å². The van der Waals surface area contributed by atoms with Crippen molar-refractivity contribution in [2.45, 2.75) is 13.0 Å². The lowest BCUT2D eigenvalue weighted by atomic mass is 10.1. The molecule has 0 radical (unpaired) electrons. The highest BCUT2D eigenvalue weighted by Crippen LogP contribution is 2.24. The molecule has 0 spiro atoms. The first-order valence-electron chi connectivity index (χ1n) is 5.80. The number of benzene rings is 1. The topological polar surface area (TPSA) is 74.7 Å². The van der Waals surface area contributed by atoms with Crippen LogP contribution in [0.25, 0.3) is 0 Å². The Labute approximate surface area is 116 Å². The van der Waals surface area contributed by atoms with Gasteiger partial charge in [0.2, 0.25) is 0 Å². The molecule has 1 aromatic carbocycles. The lowest BCUT2D eigenvalue weighted by Crippen LogP contribution is -2.49. The standard InChI is InChI=1S/C12H14ClNO4S/c1-8-7-19(17,18)5-4-14(8)12(16)10-6-9(15)2-3-11(10)13/h2-3,6,8,15H,4-5,7H2,1H3. The van der Waals surface area contributed by atoms with E-state index in [0.29, 0.717) is 0 Å². The fraction of sp³-hybridized carbons (Fsp3) is 0.417. The molecule has 0 bridgehead atoms. The minimum Gasteiger partial charge on any atom is -0.508 e. The monoisotopic (exact) mass is 303 g/mol. The van der Waals surface area contributed by atoms with Crippen LogP contribution in [-0.4, -0.2) is 48.4 Å². The molecule has 1 aliphatic heterocycles. The molecule has 2 rings (SSSR count). The van der Waals surface area contributed by atoms with Crippen molar-refractivity contribution in [3.63, 3.8) is 0 Å². The molecule has 1 heterocycles. The summed E-state index contributed by atoms with van der Waals surface area (Å²) in [5.74, 6) is -0.498. The average molecular weight is 304 g/mol. The van der Waals surface area contributed by atoms with Crippen LogP contribution in [0, 0.1) is 0 Å². The van der Waals surface area contributed by atoms with Crippen LogP contribution in [0.5, 0.6) is 5.75 Å². The summed E-state index contributed by atoms with van der Waals surface area (Å²) in [7, 11) is -3.08. The van der Waals surface area contributed by atoms with Gasteiger partial charge in [0.05, 0.1) is 22.1 Å². The van der Waals surface area contributed by atoms with Crippen molar-refractivity contribution in [3.05, 3.63) is 28.8 Å². The molecule has 1 unspecified atom stereocenters. The molecule has 1 aromatic rings. The van der Waals surface area contributed by atoms with Gasteiger partial charge in [-0.1, -0.05) is 11.6 Å². The van der Waals surface area contributed by atoms with Crippen molar-refractivity contribution in [2.75, 3.05) is 18.1 Å². The number of phenols is 1. The summed E-state index contributed by atoms with van der Waals surface area (Å²) in [6.45, 7) is 1.83. The van der Waals surface area contributed by atoms with Crippen LogP contribution in [0.3, 0.4) is 0 Å². The van der Waals surface area contributed by atoms with Gasteiger partial charge in [-0.05, 0) is 25.1 Å². The first kappa shape index (κ1) is 14.1. The predicted molar refractivity (Wildman–Crippen MR) is 72.3 cm³/mol. The van der Waals surface area contributed by atoms with E-state index in [9.17, 15) is 18.3 Å². The number of sulfone groups is 1. The summed E-state index contributed by atoms with van der Waals surface area (Å²) in [6, 6.07) is 3.73. The van der Waals surface area contributed by atoms with E-state index in [-0.39, 0.29) is 40.3 Å². The van der Waals surface area contributed by atoms with Gasteiger partial charge in [-0.2, -0.15) is 0 Å². The van der Waals surface area contributed by atoms with E-state index >= 15 is 0 Å². The normalized spacial score (nSPS) is 22.2. The summed E-state index contributed by atoms with van der Waals surface area (Å²) in [5, 5.41) is 9.65. The zero-order chi connectivity index (χ0) is 14.2. The molecule has 5 nitrogen and oxygen atoms in total. The number of phenolic OH excluding ortho intramolecular Hbond substituents is 1. The highest BCUT2D eigenvalue weighted by atomic mass is 35.5. The molecule has 1 saturated heterocycles. The van der Waals surface area contributed by atoms with E-state index in [2.05, 4.69) is 0 Å². The van der Waals surface area contributed by atoms with E-state index < -0.39 is 15.9 Å². The lowest BCUT2D eigenvalue weighted by Gasteiger charge is -2.33. The van der Waals surface area contributed by atoms with Crippen molar-refractivity contribution in [1.29, 1.82) is 0 Å². The molecule has 1 amide bonds. The molecule has 104 valence electrons. The van der Waals surface area contributed by atoms with Gasteiger partial charge in [-0.3, -0.25) is 4.79 Å². The molecule has 1 fully saturated rings. The number of hydrogen-bond acceptors (Lipinski definition) is 4. The number of aromatic hydroxyl groups is 1. The number of nitrogens with zero attached hydrogens (tertiary/aromatic N) is 1. The molecule has 19 heavy (non-hydrogen) atoms. The van der Waals surface area contributed by atoms with Gasteiger partial charge in [0.25, 0.3) is 5.91 Å². The maximum Gasteiger partial charge on any atom is 0.255 e.